The summed E-state index contributed by atoms with van der Waals surface area (Å²) in [6.07, 6.45) is 0. The lowest BCUT2D eigenvalue weighted by atomic mass is 10.2. The Morgan fingerprint density at radius 1 is 1.29 bits per heavy atom. The average molecular weight is 415 g/mol. The number of benzene rings is 2. The molecule has 0 aliphatic heterocycles. The zero-order chi connectivity index (χ0) is 15.1. The highest BCUT2D eigenvalue weighted by molar-refractivity contribution is 14.1. The summed E-state index contributed by atoms with van der Waals surface area (Å²) in [5.41, 5.74) is 3.11. The first-order valence-electron chi connectivity index (χ1n) is 6.56. The maximum absolute atomic E-state index is 13.8. The number of fused-ring (bicyclic) bond motifs is 1. The predicted octanol–water partition coefficient (Wildman–Crippen LogP) is 5.38. The molecule has 0 bridgehead atoms. The van der Waals surface area contributed by atoms with E-state index in [9.17, 15) is 4.39 Å². The van der Waals surface area contributed by atoms with E-state index in [1.165, 1.54) is 6.07 Å². The number of para-hydroxylation sites is 1. The summed E-state index contributed by atoms with van der Waals surface area (Å²) in [5, 5.41) is -0.267. The molecule has 0 aliphatic carbocycles. The second-order valence-electron chi connectivity index (χ2n) is 4.96. The van der Waals surface area contributed by atoms with Crippen molar-refractivity contribution in [3.63, 3.8) is 0 Å². The Kier molecular flexibility index (Phi) is 3.92. The molecule has 3 aromatic rings. The summed E-state index contributed by atoms with van der Waals surface area (Å²) in [6, 6.07) is 11.3. The van der Waals surface area contributed by atoms with E-state index in [1.807, 2.05) is 41.8 Å². The van der Waals surface area contributed by atoms with Crippen LogP contribution < -0.4 is 0 Å². The molecule has 1 atom stereocenters. The predicted molar refractivity (Wildman–Crippen MR) is 92.8 cm³/mol. The van der Waals surface area contributed by atoms with E-state index in [0.29, 0.717) is 11.1 Å². The normalized spacial score (nSPS) is 12.8. The molecule has 0 saturated heterocycles. The second-order valence-corrected chi connectivity index (χ2v) is 6.78. The summed E-state index contributed by atoms with van der Waals surface area (Å²) in [5.74, 6) is 0.476. The summed E-state index contributed by atoms with van der Waals surface area (Å²) >= 11 is 8.57. The van der Waals surface area contributed by atoms with Crippen molar-refractivity contribution in [2.24, 2.45) is 0 Å². The molecule has 2 aromatic carbocycles. The summed E-state index contributed by atoms with van der Waals surface area (Å²) in [4.78, 5) is 4.52. The summed E-state index contributed by atoms with van der Waals surface area (Å²) in [7, 11) is 0. The van der Waals surface area contributed by atoms with Gasteiger partial charge in [-0.1, -0.05) is 12.1 Å². The van der Waals surface area contributed by atoms with Gasteiger partial charge in [-0.25, -0.2) is 9.37 Å². The van der Waals surface area contributed by atoms with Crippen molar-refractivity contribution >= 4 is 45.2 Å². The Hall–Kier alpha value is -1.14. The molecule has 5 heteroatoms. The van der Waals surface area contributed by atoms with Gasteiger partial charge in [0.1, 0.15) is 11.6 Å². The number of halogens is 3. The van der Waals surface area contributed by atoms with Gasteiger partial charge < -0.3 is 0 Å². The van der Waals surface area contributed by atoms with Gasteiger partial charge in [-0.2, -0.15) is 0 Å². The number of imidazole rings is 1. The van der Waals surface area contributed by atoms with Crippen LogP contribution in [0.2, 0.25) is 0 Å². The molecule has 2 nitrogen and oxygen atoms in total. The van der Waals surface area contributed by atoms with Gasteiger partial charge in [-0.3, -0.25) is 4.57 Å². The van der Waals surface area contributed by atoms with E-state index in [1.54, 1.807) is 6.92 Å². The third kappa shape index (κ3) is 2.55. The minimum atomic E-state index is -0.267. The highest BCUT2D eigenvalue weighted by Gasteiger charge is 2.18. The Morgan fingerprint density at radius 3 is 2.67 bits per heavy atom. The van der Waals surface area contributed by atoms with Crippen LogP contribution in [-0.2, 0) is 0 Å². The maximum Gasteiger partial charge on any atom is 0.132 e. The van der Waals surface area contributed by atoms with Gasteiger partial charge in [0.15, 0.2) is 0 Å². The standard InChI is InChI=1S/C16H13ClFIN2/c1-9-7-15-13(8-11(9)18)20-16(10(2)17)21(15)14-6-4-3-5-12(14)19/h3-8,10H,1-2H3. The smallest absolute Gasteiger partial charge is 0.132 e. The molecule has 0 N–H and O–H groups in total. The third-order valence-corrected chi connectivity index (χ3v) is 4.52. The lowest BCUT2D eigenvalue weighted by Crippen LogP contribution is -2.03. The Morgan fingerprint density at radius 2 is 2.00 bits per heavy atom. The fourth-order valence-corrected chi connectivity index (χ4v) is 3.15. The highest BCUT2D eigenvalue weighted by Crippen LogP contribution is 2.31. The maximum atomic E-state index is 13.8. The molecule has 1 aromatic heterocycles. The van der Waals surface area contributed by atoms with Crippen LogP contribution in [0.3, 0.4) is 0 Å². The largest absolute Gasteiger partial charge is 0.294 e. The van der Waals surface area contributed by atoms with Crippen molar-refractivity contribution in [1.82, 2.24) is 9.55 Å². The fraction of sp³-hybridized carbons (Fsp3) is 0.188. The number of alkyl halides is 1. The Bertz CT molecular complexity index is 827. The Balaban J connectivity index is 2.41. The summed E-state index contributed by atoms with van der Waals surface area (Å²) < 4.78 is 16.9. The van der Waals surface area contributed by atoms with Crippen molar-refractivity contribution in [2.45, 2.75) is 19.2 Å². The molecule has 3 rings (SSSR count). The molecule has 0 radical (unpaired) electrons. The van der Waals surface area contributed by atoms with E-state index in [0.717, 1.165) is 20.6 Å². The number of aryl methyl sites for hydroxylation is 1. The molecule has 0 aliphatic rings. The van der Waals surface area contributed by atoms with Crippen molar-refractivity contribution in [3.8, 4) is 5.69 Å². The summed E-state index contributed by atoms with van der Waals surface area (Å²) in [6.45, 7) is 3.63. The molecule has 0 amide bonds. The zero-order valence-electron chi connectivity index (χ0n) is 11.6. The molecule has 0 fully saturated rings. The van der Waals surface area contributed by atoms with Gasteiger partial charge in [0.2, 0.25) is 0 Å². The molecule has 21 heavy (non-hydrogen) atoms. The number of rotatable bonds is 2. The first-order chi connectivity index (χ1) is 9.99. The number of hydrogen-bond donors (Lipinski definition) is 0. The van der Waals surface area contributed by atoms with Crippen LogP contribution in [0.25, 0.3) is 16.7 Å². The van der Waals surface area contributed by atoms with Crippen LogP contribution in [0.5, 0.6) is 0 Å². The lowest BCUT2D eigenvalue weighted by Gasteiger charge is -2.12. The van der Waals surface area contributed by atoms with E-state index < -0.39 is 0 Å². The number of nitrogens with zero attached hydrogens (tertiary/aromatic N) is 2. The van der Waals surface area contributed by atoms with Gasteiger partial charge in [0.25, 0.3) is 0 Å². The van der Waals surface area contributed by atoms with Gasteiger partial charge in [-0.15, -0.1) is 11.6 Å². The molecule has 0 saturated carbocycles. The van der Waals surface area contributed by atoms with E-state index in [-0.39, 0.29) is 11.2 Å². The van der Waals surface area contributed by atoms with Crippen LogP contribution in [-0.4, -0.2) is 9.55 Å². The van der Waals surface area contributed by atoms with Crippen LogP contribution in [0.4, 0.5) is 4.39 Å². The van der Waals surface area contributed by atoms with Crippen LogP contribution in [0, 0.1) is 16.3 Å². The van der Waals surface area contributed by atoms with Crippen LogP contribution >= 0.6 is 34.2 Å². The van der Waals surface area contributed by atoms with Gasteiger partial charge >= 0.3 is 0 Å². The van der Waals surface area contributed by atoms with Crippen molar-refractivity contribution in [3.05, 3.63) is 57.2 Å². The molecule has 108 valence electrons. The number of hydrogen-bond acceptors (Lipinski definition) is 1. The third-order valence-electron chi connectivity index (χ3n) is 3.41. The molecular weight excluding hydrogens is 402 g/mol. The van der Waals surface area contributed by atoms with Crippen molar-refractivity contribution < 1.29 is 4.39 Å². The van der Waals surface area contributed by atoms with Crippen molar-refractivity contribution in [1.29, 1.82) is 0 Å². The fourth-order valence-electron chi connectivity index (χ4n) is 2.37. The molecule has 1 heterocycles. The van der Waals surface area contributed by atoms with E-state index in [2.05, 4.69) is 27.6 Å². The van der Waals surface area contributed by atoms with Crippen LogP contribution in [0.1, 0.15) is 23.7 Å². The minimum absolute atomic E-state index is 0.247. The van der Waals surface area contributed by atoms with E-state index >= 15 is 0 Å². The van der Waals surface area contributed by atoms with Crippen LogP contribution in [0.15, 0.2) is 36.4 Å². The van der Waals surface area contributed by atoms with Gasteiger partial charge in [0, 0.05) is 9.64 Å². The van der Waals surface area contributed by atoms with Gasteiger partial charge in [0.05, 0.1) is 22.1 Å². The minimum Gasteiger partial charge on any atom is -0.294 e. The van der Waals surface area contributed by atoms with Crippen molar-refractivity contribution in [2.75, 3.05) is 0 Å². The SMILES string of the molecule is Cc1cc2c(cc1F)nc(C(C)Cl)n2-c1ccccc1I. The molecular formula is C16H13ClFIN2. The number of aromatic nitrogens is 2. The monoisotopic (exact) mass is 414 g/mol. The second kappa shape index (κ2) is 5.57. The molecule has 1 unspecified atom stereocenters. The van der Waals surface area contributed by atoms with Gasteiger partial charge in [-0.05, 0) is 60.2 Å². The average Bonchev–Trinajstić information content (AvgIpc) is 2.78. The highest BCUT2D eigenvalue weighted by atomic mass is 127. The lowest BCUT2D eigenvalue weighted by molar-refractivity contribution is 0.620. The van der Waals surface area contributed by atoms with E-state index in [4.69, 9.17) is 11.6 Å². The first kappa shape index (κ1) is 14.8. The zero-order valence-corrected chi connectivity index (χ0v) is 14.5. The molecule has 0 spiro atoms. The Labute approximate surface area is 141 Å². The topological polar surface area (TPSA) is 17.8 Å². The first-order valence-corrected chi connectivity index (χ1v) is 8.08. The quantitative estimate of drug-likeness (QED) is 0.407.